The van der Waals surface area contributed by atoms with Crippen molar-refractivity contribution in [3.8, 4) is 0 Å². The Labute approximate surface area is 174 Å². The van der Waals surface area contributed by atoms with E-state index < -0.39 is 0 Å². The van der Waals surface area contributed by atoms with Gasteiger partial charge in [0, 0.05) is 39.0 Å². The Balaban J connectivity index is 0.00000338. The lowest BCUT2D eigenvalue weighted by Gasteiger charge is -2.32. The second-order valence-electron chi connectivity index (χ2n) is 6.35. The van der Waals surface area contributed by atoms with Crippen molar-refractivity contribution in [3.05, 3.63) is 23.9 Å². The molecule has 1 aliphatic rings. The van der Waals surface area contributed by atoms with Crippen molar-refractivity contribution in [3.63, 3.8) is 0 Å². The summed E-state index contributed by atoms with van der Waals surface area (Å²) in [4.78, 5) is 11.5. The van der Waals surface area contributed by atoms with Gasteiger partial charge in [0.05, 0.1) is 25.9 Å². The van der Waals surface area contributed by atoms with Gasteiger partial charge in [-0.1, -0.05) is 6.07 Å². The van der Waals surface area contributed by atoms with Gasteiger partial charge in [-0.05, 0) is 32.4 Å². The lowest BCUT2D eigenvalue weighted by Crippen LogP contribution is -2.43. The number of hydrogen-bond acceptors (Lipinski definition) is 5. The predicted molar refractivity (Wildman–Crippen MR) is 117 cm³/mol. The first kappa shape index (κ1) is 22.9. The number of aromatic nitrogens is 1. The Hall–Kier alpha value is -1.13. The van der Waals surface area contributed by atoms with Crippen LogP contribution in [0.2, 0.25) is 0 Å². The number of anilines is 1. The maximum absolute atomic E-state index is 5.58. The average molecular weight is 477 g/mol. The summed E-state index contributed by atoms with van der Waals surface area (Å²) in [5.41, 5.74) is 1.08. The minimum atomic E-state index is 0. The third-order valence-electron chi connectivity index (χ3n) is 3.94. The summed E-state index contributed by atoms with van der Waals surface area (Å²) in [6.07, 6.45) is 2.16. The van der Waals surface area contributed by atoms with Crippen LogP contribution in [0.5, 0.6) is 0 Å². The Morgan fingerprint density at radius 2 is 2.31 bits per heavy atom. The van der Waals surface area contributed by atoms with Crippen molar-refractivity contribution in [1.29, 1.82) is 0 Å². The molecule has 0 spiro atoms. The van der Waals surface area contributed by atoms with Crippen LogP contribution in [0.1, 0.15) is 26.3 Å². The Morgan fingerprint density at radius 1 is 1.50 bits per heavy atom. The molecule has 0 amide bonds. The minimum Gasteiger partial charge on any atom is -0.383 e. The number of methoxy groups -OCH3 is 1. The Morgan fingerprint density at radius 3 is 2.92 bits per heavy atom. The highest BCUT2D eigenvalue weighted by atomic mass is 127. The molecule has 0 aliphatic carbocycles. The first-order chi connectivity index (χ1) is 12.1. The highest BCUT2D eigenvalue weighted by Crippen LogP contribution is 2.15. The van der Waals surface area contributed by atoms with Crippen LogP contribution in [0.4, 0.5) is 5.82 Å². The SMILES string of the molecule is CCNC(=NCc1ccc(N2CCOC(C)C2)nc1)NC(C)COC.I. The molecular weight excluding hydrogens is 445 g/mol. The fourth-order valence-electron chi connectivity index (χ4n) is 2.74. The van der Waals surface area contributed by atoms with Crippen molar-refractivity contribution in [2.24, 2.45) is 4.99 Å². The molecule has 8 heteroatoms. The normalized spacial score (nSPS) is 18.8. The van der Waals surface area contributed by atoms with E-state index in [0.29, 0.717) is 13.2 Å². The van der Waals surface area contributed by atoms with Gasteiger partial charge >= 0.3 is 0 Å². The number of guanidine groups is 1. The van der Waals surface area contributed by atoms with E-state index in [1.807, 2.05) is 6.20 Å². The minimum absolute atomic E-state index is 0. The van der Waals surface area contributed by atoms with Crippen LogP contribution in [0.15, 0.2) is 23.3 Å². The number of aliphatic imine (C=N–C) groups is 1. The average Bonchev–Trinajstić information content (AvgIpc) is 2.60. The van der Waals surface area contributed by atoms with E-state index >= 15 is 0 Å². The number of nitrogens with one attached hydrogen (secondary N) is 2. The predicted octanol–water partition coefficient (Wildman–Crippen LogP) is 2.01. The van der Waals surface area contributed by atoms with Gasteiger partial charge in [-0.3, -0.25) is 0 Å². The van der Waals surface area contributed by atoms with Gasteiger partial charge < -0.3 is 25.0 Å². The van der Waals surface area contributed by atoms with Gasteiger partial charge in [0.25, 0.3) is 0 Å². The van der Waals surface area contributed by atoms with Crippen LogP contribution in [0, 0.1) is 0 Å². The van der Waals surface area contributed by atoms with E-state index in [2.05, 4.69) is 58.4 Å². The first-order valence-electron chi connectivity index (χ1n) is 8.97. The summed E-state index contributed by atoms with van der Waals surface area (Å²) >= 11 is 0. The largest absolute Gasteiger partial charge is 0.383 e. The summed E-state index contributed by atoms with van der Waals surface area (Å²) < 4.78 is 10.7. The summed E-state index contributed by atoms with van der Waals surface area (Å²) in [6, 6.07) is 4.36. The summed E-state index contributed by atoms with van der Waals surface area (Å²) in [7, 11) is 1.70. The molecule has 2 N–H and O–H groups in total. The van der Waals surface area contributed by atoms with Crippen LogP contribution >= 0.6 is 24.0 Å². The molecule has 0 aromatic carbocycles. The van der Waals surface area contributed by atoms with E-state index in [9.17, 15) is 0 Å². The molecule has 2 atom stereocenters. The number of nitrogens with zero attached hydrogens (tertiary/aromatic N) is 3. The molecule has 2 rings (SSSR count). The van der Waals surface area contributed by atoms with Crippen LogP contribution < -0.4 is 15.5 Å². The number of rotatable bonds is 7. The molecule has 2 heterocycles. The van der Waals surface area contributed by atoms with Gasteiger partial charge in [0.15, 0.2) is 5.96 Å². The molecule has 0 radical (unpaired) electrons. The lowest BCUT2D eigenvalue weighted by molar-refractivity contribution is 0.0529. The quantitative estimate of drug-likeness (QED) is 0.356. The molecule has 26 heavy (non-hydrogen) atoms. The fraction of sp³-hybridized carbons (Fsp3) is 0.667. The second-order valence-corrected chi connectivity index (χ2v) is 6.35. The molecule has 2 unspecified atom stereocenters. The van der Waals surface area contributed by atoms with Crippen LogP contribution in [-0.2, 0) is 16.0 Å². The first-order valence-corrected chi connectivity index (χ1v) is 8.97. The molecule has 1 fully saturated rings. The van der Waals surface area contributed by atoms with E-state index in [0.717, 1.165) is 43.6 Å². The van der Waals surface area contributed by atoms with E-state index in [1.165, 1.54) is 0 Å². The number of halogens is 1. The van der Waals surface area contributed by atoms with Gasteiger partial charge in [0.1, 0.15) is 5.82 Å². The zero-order valence-electron chi connectivity index (χ0n) is 16.2. The lowest BCUT2D eigenvalue weighted by atomic mass is 10.2. The van der Waals surface area contributed by atoms with Crippen LogP contribution in [0.25, 0.3) is 0 Å². The zero-order valence-corrected chi connectivity index (χ0v) is 18.5. The molecule has 148 valence electrons. The molecule has 1 saturated heterocycles. The van der Waals surface area contributed by atoms with E-state index in [4.69, 9.17) is 9.47 Å². The molecule has 1 aliphatic heterocycles. The highest BCUT2D eigenvalue weighted by molar-refractivity contribution is 14.0. The maximum atomic E-state index is 5.58. The van der Waals surface area contributed by atoms with E-state index in [-0.39, 0.29) is 36.1 Å². The topological polar surface area (TPSA) is 71.0 Å². The highest BCUT2D eigenvalue weighted by Gasteiger charge is 2.17. The standard InChI is InChI=1S/C18H31N5O2.HI/c1-5-19-18(22-14(2)13-24-4)21-11-16-6-7-17(20-10-16)23-8-9-25-15(3)12-23;/h6-7,10,14-15H,5,8-9,11-13H2,1-4H3,(H2,19,21,22);1H. The smallest absolute Gasteiger partial charge is 0.191 e. The molecule has 0 saturated carbocycles. The van der Waals surface area contributed by atoms with E-state index in [1.54, 1.807) is 7.11 Å². The third-order valence-corrected chi connectivity index (χ3v) is 3.94. The summed E-state index contributed by atoms with van der Waals surface area (Å²) in [5, 5.41) is 6.58. The molecular formula is C18H32IN5O2. The van der Waals surface area contributed by atoms with Crippen molar-refractivity contribution in [2.75, 3.05) is 44.9 Å². The van der Waals surface area contributed by atoms with Gasteiger partial charge in [0.2, 0.25) is 0 Å². The number of ether oxygens (including phenoxy) is 2. The van der Waals surface area contributed by atoms with Gasteiger partial charge in [-0.25, -0.2) is 9.98 Å². The maximum Gasteiger partial charge on any atom is 0.191 e. The number of morpholine rings is 1. The van der Waals surface area contributed by atoms with Crippen LogP contribution in [-0.4, -0.2) is 63.0 Å². The number of pyridine rings is 1. The zero-order chi connectivity index (χ0) is 18.1. The van der Waals surface area contributed by atoms with Crippen molar-refractivity contribution in [2.45, 2.75) is 39.5 Å². The monoisotopic (exact) mass is 477 g/mol. The van der Waals surface area contributed by atoms with Gasteiger partial charge in [-0.15, -0.1) is 24.0 Å². The Bertz CT molecular complexity index is 541. The third kappa shape index (κ3) is 7.63. The molecule has 7 nitrogen and oxygen atoms in total. The Kier molecular flexibility index (Phi) is 10.8. The van der Waals surface area contributed by atoms with Crippen molar-refractivity contribution >= 4 is 35.8 Å². The van der Waals surface area contributed by atoms with Crippen molar-refractivity contribution < 1.29 is 9.47 Å². The van der Waals surface area contributed by atoms with Gasteiger partial charge in [-0.2, -0.15) is 0 Å². The molecule has 1 aromatic heterocycles. The summed E-state index contributed by atoms with van der Waals surface area (Å²) in [6.45, 7) is 10.8. The van der Waals surface area contributed by atoms with Crippen molar-refractivity contribution in [1.82, 2.24) is 15.6 Å². The second kappa shape index (κ2) is 12.3. The van der Waals surface area contributed by atoms with Crippen LogP contribution in [0.3, 0.4) is 0 Å². The molecule has 1 aromatic rings. The number of hydrogen-bond donors (Lipinski definition) is 2. The molecule has 0 bridgehead atoms. The summed E-state index contributed by atoms with van der Waals surface area (Å²) in [5.74, 6) is 1.79. The fourth-order valence-corrected chi connectivity index (χ4v) is 2.74.